The molecule has 1 aromatic carbocycles. The van der Waals surface area contributed by atoms with Gasteiger partial charge < -0.3 is 20.1 Å². The Balaban J connectivity index is 1.99. The third-order valence-electron chi connectivity index (χ3n) is 4.52. The highest BCUT2D eigenvalue weighted by Gasteiger charge is 2.39. The first kappa shape index (κ1) is 18.7. The highest BCUT2D eigenvalue weighted by Crippen LogP contribution is 2.31. The molecule has 2 rings (SSSR count). The van der Waals surface area contributed by atoms with Crippen LogP contribution in [-0.4, -0.2) is 39.3 Å². The van der Waals surface area contributed by atoms with Gasteiger partial charge >= 0.3 is 0 Å². The number of piperidine rings is 1. The highest BCUT2D eigenvalue weighted by atomic mass is 16.5. The van der Waals surface area contributed by atoms with Crippen molar-refractivity contribution in [2.24, 2.45) is 11.3 Å². The molecule has 134 valence electrons. The van der Waals surface area contributed by atoms with Crippen molar-refractivity contribution in [2.75, 3.05) is 38.7 Å². The fourth-order valence-corrected chi connectivity index (χ4v) is 2.96. The van der Waals surface area contributed by atoms with E-state index >= 15 is 0 Å². The van der Waals surface area contributed by atoms with E-state index in [1.807, 2.05) is 24.3 Å². The van der Waals surface area contributed by atoms with Crippen LogP contribution in [0.5, 0.6) is 5.75 Å². The van der Waals surface area contributed by atoms with Crippen molar-refractivity contribution in [1.29, 1.82) is 0 Å². The van der Waals surface area contributed by atoms with E-state index in [4.69, 9.17) is 9.47 Å². The number of benzene rings is 1. The molecule has 1 aromatic rings. The van der Waals surface area contributed by atoms with Gasteiger partial charge in [0.1, 0.15) is 5.75 Å². The maximum absolute atomic E-state index is 12.8. The normalized spacial score (nSPS) is 16.8. The zero-order valence-electron chi connectivity index (χ0n) is 15.1. The number of ether oxygens (including phenoxy) is 2. The Hall–Kier alpha value is -1.59. The average molecular weight is 334 g/mol. The molecule has 0 bridgehead atoms. The van der Waals surface area contributed by atoms with E-state index in [9.17, 15) is 4.79 Å². The van der Waals surface area contributed by atoms with Crippen LogP contribution >= 0.6 is 0 Å². The lowest BCUT2D eigenvalue weighted by molar-refractivity contribution is -0.130. The summed E-state index contributed by atoms with van der Waals surface area (Å²) in [5, 5.41) is 6.35. The van der Waals surface area contributed by atoms with Gasteiger partial charge in [-0.1, -0.05) is 19.9 Å². The lowest BCUT2D eigenvalue weighted by Gasteiger charge is -2.35. The Kier molecular flexibility index (Phi) is 7.06. The van der Waals surface area contributed by atoms with Crippen molar-refractivity contribution >= 4 is 11.6 Å². The van der Waals surface area contributed by atoms with Crippen LogP contribution in [0, 0.1) is 11.3 Å². The number of anilines is 1. The molecule has 1 aliphatic rings. The smallest absolute Gasteiger partial charge is 0.233 e. The van der Waals surface area contributed by atoms with Crippen molar-refractivity contribution < 1.29 is 14.3 Å². The van der Waals surface area contributed by atoms with E-state index in [1.54, 1.807) is 7.11 Å². The highest BCUT2D eigenvalue weighted by molar-refractivity contribution is 5.95. The fraction of sp³-hybridized carbons (Fsp3) is 0.632. The number of nitrogens with one attached hydrogen (secondary N) is 2. The maximum Gasteiger partial charge on any atom is 0.233 e. The molecule has 0 unspecified atom stereocenters. The third kappa shape index (κ3) is 5.21. The van der Waals surface area contributed by atoms with Gasteiger partial charge in [-0.05, 0) is 50.4 Å². The first-order valence-electron chi connectivity index (χ1n) is 8.80. The van der Waals surface area contributed by atoms with Crippen LogP contribution < -0.4 is 15.4 Å². The largest absolute Gasteiger partial charge is 0.494 e. The summed E-state index contributed by atoms with van der Waals surface area (Å²) in [4.78, 5) is 12.8. The van der Waals surface area contributed by atoms with Gasteiger partial charge in [-0.3, -0.25) is 4.79 Å². The van der Waals surface area contributed by atoms with E-state index < -0.39 is 5.41 Å². The van der Waals surface area contributed by atoms with Gasteiger partial charge in [-0.15, -0.1) is 0 Å². The predicted molar refractivity (Wildman–Crippen MR) is 96.4 cm³/mol. The van der Waals surface area contributed by atoms with Crippen molar-refractivity contribution in [3.8, 4) is 5.75 Å². The fourth-order valence-electron chi connectivity index (χ4n) is 2.96. The van der Waals surface area contributed by atoms with Crippen LogP contribution in [0.15, 0.2) is 24.3 Å². The molecule has 0 atom stereocenters. The van der Waals surface area contributed by atoms with Crippen LogP contribution in [-0.2, 0) is 9.53 Å². The minimum absolute atomic E-state index is 0.0326. The van der Waals surface area contributed by atoms with Crippen molar-refractivity contribution in [3.63, 3.8) is 0 Å². The number of rotatable bonds is 8. The second-order valence-corrected chi connectivity index (χ2v) is 6.98. The molecule has 5 nitrogen and oxygen atoms in total. The molecule has 0 aliphatic carbocycles. The Morgan fingerprint density at radius 3 is 2.75 bits per heavy atom. The van der Waals surface area contributed by atoms with Crippen molar-refractivity contribution in [2.45, 2.75) is 33.1 Å². The van der Waals surface area contributed by atoms with E-state index in [0.29, 0.717) is 19.1 Å². The molecule has 5 heteroatoms. The SMILES string of the molecule is COCC1(C(=O)Nc2cccc(OCCC(C)C)c2)CCNCC1. The van der Waals surface area contributed by atoms with E-state index in [-0.39, 0.29) is 5.91 Å². The number of carbonyl (C=O) groups is 1. The summed E-state index contributed by atoms with van der Waals surface area (Å²) in [6.45, 7) is 7.17. The summed E-state index contributed by atoms with van der Waals surface area (Å²) >= 11 is 0. The standard InChI is InChI=1S/C19H30N2O3/c1-15(2)7-12-24-17-6-4-5-16(13-17)21-18(22)19(14-23-3)8-10-20-11-9-19/h4-6,13,15,20H,7-12,14H2,1-3H3,(H,21,22). The van der Waals surface area contributed by atoms with E-state index in [1.165, 1.54) is 0 Å². The number of hydrogen-bond donors (Lipinski definition) is 2. The second kappa shape index (κ2) is 9.04. The zero-order valence-corrected chi connectivity index (χ0v) is 15.1. The molecule has 0 radical (unpaired) electrons. The lowest BCUT2D eigenvalue weighted by Crippen LogP contribution is -2.47. The summed E-state index contributed by atoms with van der Waals surface area (Å²) in [7, 11) is 1.65. The summed E-state index contributed by atoms with van der Waals surface area (Å²) in [6.07, 6.45) is 2.59. The van der Waals surface area contributed by atoms with Gasteiger partial charge in [0.05, 0.1) is 18.6 Å². The van der Waals surface area contributed by atoms with Gasteiger partial charge in [0.15, 0.2) is 0 Å². The molecular weight excluding hydrogens is 304 g/mol. The van der Waals surface area contributed by atoms with Crippen LogP contribution in [0.4, 0.5) is 5.69 Å². The predicted octanol–water partition coefficient (Wildman–Crippen LogP) is 3.07. The van der Waals surface area contributed by atoms with Crippen LogP contribution in [0.1, 0.15) is 33.1 Å². The summed E-state index contributed by atoms with van der Waals surface area (Å²) in [6, 6.07) is 7.62. The number of hydrogen-bond acceptors (Lipinski definition) is 4. The molecular formula is C19H30N2O3. The molecule has 0 aromatic heterocycles. The van der Waals surface area contributed by atoms with E-state index in [2.05, 4.69) is 24.5 Å². The summed E-state index contributed by atoms with van der Waals surface area (Å²) in [5.74, 6) is 1.44. The first-order chi connectivity index (χ1) is 11.6. The Morgan fingerprint density at radius 1 is 1.33 bits per heavy atom. The second-order valence-electron chi connectivity index (χ2n) is 6.98. The summed E-state index contributed by atoms with van der Waals surface area (Å²) < 4.78 is 11.1. The molecule has 24 heavy (non-hydrogen) atoms. The zero-order chi connectivity index (χ0) is 17.4. The van der Waals surface area contributed by atoms with Gasteiger partial charge in [0, 0.05) is 18.9 Å². The van der Waals surface area contributed by atoms with Crippen LogP contribution in [0.3, 0.4) is 0 Å². The minimum atomic E-state index is -0.450. The van der Waals surface area contributed by atoms with Crippen molar-refractivity contribution in [1.82, 2.24) is 5.32 Å². The van der Waals surface area contributed by atoms with Gasteiger partial charge in [-0.25, -0.2) is 0 Å². The topological polar surface area (TPSA) is 59.6 Å². The monoisotopic (exact) mass is 334 g/mol. The first-order valence-corrected chi connectivity index (χ1v) is 8.80. The molecule has 1 heterocycles. The molecule has 2 N–H and O–H groups in total. The van der Waals surface area contributed by atoms with Gasteiger partial charge in [0.25, 0.3) is 0 Å². The van der Waals surface area contributed by atoms with Crippen LogP contribution in [0.2, 0.25) is 0 Å². The number of carbonyl (C=O) groups excluding carboxylic acids is 1. The Bertz CT molecular complexity index is 520. The molecule has 1 amide bonds. The third-order valence-corrected chi connectivity index (χ3v) is 4.52. The average Bonchev–Trinajstić information content (AvgIpc) is 2.56. The number of amides is 1. The van der Waals surface area contributed by atoms with Gasteiger partial charge in [-0.2, -0.15) is 0 Å². The molecule has 0 spiro atoms. The Labute approximate surface area is 145 Å². The van der Waals surface area contributed by atoms with Gasteiger partial charge in [0.2, 0.25) is 5.91 Å². The maximum atomic E-state index is 12.8. The van der Waals surface area contributed by atoms with Crippen LogP contribution in [0.25, 0.3) is 0 Å². The summed E-state index contributed by atoms with van der Waals surface area (Å²) in [5.41, 5.74) is 0.324. The molecule has 1 fully saturated rings. The lowest BCUT2D eigenvalue weighted by atomic mass is 9.78. The molecule has 1 aliphatic heterocycles. The number of methoxy groups -OCH3 is 1. The minimum Gasteiger partial charge on any atom is -0.494 e. The molecule has 0 saturated carbocycles. The van der Waals surface area contributed by atoms with Crippen molar-refractivity contribution in [3.05, 3.63) is 24.3 Å². The Morgan fingerprint density at radius 2 is 2.08 bits per heavy atom. The van der Waals surface area contributed by atoms with E-state index in [0.717, 1.165) is 43.8 Å². The quantitative estimate of drug-likeness (QED) is 0.767. The molecule has 1 saturated heterocycles.